The molecule has 9 heteroatoms. The normalized spacial score (nSPS) is 10.8. The van der Waals surface area contributed by atoms with Crippen molar-refractivity contribution in [3.05, 3.63) is 76.2 Å². The van der Waals surface area contributed by atoms with Crippen molar-refractivity contribution in [2.45, 2.75) is 19.9 Å². The highest BCUT2D eigenvalue weighted by molar-refractivity contribution is 7.19. The van der Waals surface area contributed by atoms with Gasteiger partial charge in [-0.1, -0.05) is 30.4 Å². The van der Waals surface area contributed by atoms with Gasteiger partial charge in [0.15, 0.2) is 6.61 Å². The summed E-state index contributed by atoms with van der Waals surface area (Å²) in [4.78, 5) is 29.5. The summed E-state index contributed by atoms with van der Waals surface area (Å²) < 4.78 is 11.9. The zero-order valence-corrected chi connectivity index (χ0v) is 18.5. The molecule has 0 aliphatic heterocycles. The number of hydrogen-bond acceptors (Lipinski definition) is 7. The first kappa shape index (κ1) is 21.5. The fourth-order valence-electron chi connectivity index (χ4n) is 3.01. The van der Waals surface area contributed by atoms with Gasteiger partial charge in [0.25, 0.3) is 11.5 Å². The van der Waals surface area contributed by atoms with Crippen LogP contribution in [0.4, 0.5) is 0 Å². The maximum atomic E-state index is 12.5. The molecule has 8 nitrogen and oxygen atoms in total. The van der Waals surface area contributed by atoms with E-state index >= 15 is 0 Å². The van der Waals surface area contributed by atoms with Crippen molar-refractivity contribution >= 4 is 22.2 Å². The average molecular weight is 451 g/mol. The van der Waals surface area contributed by atoms with Gasteiger partial charge < -0.3 is 14.8 Å². The van der Waals surface area contributed by atoms with Gasteiger partial charge in [-0.05, 0) is 48.4 Å². The van der Waals surface area contributed by atoms with Gasteiger partial charge in [-0.3, -0.25) is 9.59 Å². The Labute approximate surface area is 188 Å². The van der Waals surface area contributed by atoms with Crippen LogP contribution in [0.2, 0.25) is 0 Å². The van der Waals surface area contributed by atoms with Gasteiger partial charge >= 0.3 is 0 Å². The van der Waals surface area contributed by atoms with E-state index in [1.165, 1.54) is 27.5 Å². The number of aryl methyl sites for hydroxylation is 1. The van der Waals surface area contributed by atoms with E-state index in [1.807, 2.05) is 48.5 Å². The van der Waals surface area contributed by atoms with E-state index in [-0.39, 0.29) is 24.6 Å². The molecule has 1 N–H and O–H groups in total. The van der Waals surface area contributed by atoms with E-state index in [0.29, 0.717) is 21.4 Å². The Morgan fingerprint density at radius 2 is 1.81 bits per heavy atom. The minimum Gasteiger partial charge on any atom is -0.497 e. The number of rotatable bonds is 8. The summed E-state index contributed by atoms with van der Waals surface area (Å²) in [6.07, 6.45) is 0.944. The second-order valence-electron chi connectivity index (χ2n) is 6.98. The van der Waals surface area contributed by atoms with Gasteiger partial charge in [-0.25, -0.2) is 4.98 Å². The molecule has 4 aromatic rings. The highest BCUT2D eigenvalue weighted by atomic mass is 32.1. The average Bonchev–Trinajstić information content (AvgIpc) is 3.26. The maximum absolute atomic E-state index is 12.5. The van der Waals surface area contributed by atoms with Gasteiger partial charge in [-0.2, -0.15) is 9.61 Å². The van der Waals surface area contributed by atoms with Crippen LogP contribution in [0.25, 0.3) is 15.5 Å². The molecule has 0 radical (unpaired) electrons. The zero-order valence-electron chi connectivity index (χ0n) is 17.7. The number of ether oxygens (including phenoxy) is 2. The number of carbonyl (C=O) groups is 1. The molecule has 0 fully saturated rings. The number of nitrogens with one attached hydrogen (secondary N) is 1. The molecule has 0 atom stereocenters. The van der Waals surface area contributed by atoms with Gasteiger partial charge in [0.05, 0.1) is 19.3 Å². The van der Waals surface area contributed by atoms with Crippen molar-refractivity contribution in [3.63, 3.8) is 0 Å². The minimum atomic E-state index is -0.303. The Bertz CT molecular complexity index is 1280. The number of methoxy groups -OCH3 is 1. The van der Waals surface area contributed by atoms with Gasteiger partial charge in [-0.15, -0.1) is 0 Å². The topological polar surface area (TPSA) is 94.8 Å². The van der Waals surface area contributed by atoms with Crippen molar-refractivity contribution in [2.24, 2.45) is 0 Å². The molecular weight excluding hydrogens is 428 g/mol. The molecule has 0 saturated carbocycles. The van der Waals surface area contributed by atoms with Crippen LogP contribution in [0, 0.1) is 0 Å². The molecule has 0 unspecified atom stereocenters. The number of nitrogens with zero attached hydrogens (tertiary/aromatic N) is 3. The third-order valence-electron chi connectivity index (χ3n) is 4.80. The van der Waals surface area contributed by atoms with E-state index in [4.69, 9.17) is 9.47 Å². The Morgan fingerprint density at radius 3 is 2.50 bits per heavy atom. The van der Waals surface area contributed by atoms with Crippen molar-refractivity contribution < 1.29 is 14.3 Å². The Hall–Kier alpha value is -3.72. The zero-order chi connectivity index (χ0) is 22.5. The largest absolute Gasteiger partial charge is 0.497 e. The van der Waals surface area contributed by atoms with Crippen LogP contribution in [0.15, 0.2) is 59.4 Å². The van der Waals surface area contributed by atoms with Gasteiger partial charge in [0, 0.05) is 11.6 Å². The molecule has 0 aliphatic carbocycles. The SMILES string of the molecule is CCc1ccc(OCC(=O)NCc2cc(=O)n3nc(-c4ccc(OC)cc4)sc3n2)cc1. The molecule has 1 amide bonds. The summed E-state index contributed by atoms with van der Waals surface area (Å²) in [5, 5.41) is 7.76. The lowest BCUT2D eigenvalue weighted by Crippen LogP contribution is -2.29. The van der Waals surface area contributed by atoms with Crippen LogP contribution < -0.4 is 20.3 Å². The molecule has 0 aliphatic rings. The molecule has 164 valence electrons. The summed E-state index contributed by atoms with van der Waals surface area (Å²) in [5.41, 5.74) is 2.22. The third-order valence-corrected chi connectivity index (χ3v) is 5.76. The van der Waals surface area contributed by atoms with Gasteiger partial charge in [0.1, 0.15) is 16.5 Å². The maximum Gasteiger partial charge on any atom is 0.275 e. The molecular formula is C23H22N4O4S. The molecule has 0 bridgehead atoms. The first-order chi connectivity index (χ1) is 15.6. The molecule has 0 saturated heterocycles. The molecule has 2 aromatic carbocycles. The lowest BCUT2D eigenvalue weighted by molar-refractivity contribution is -0.123. The van der Waals surface area contributed by atoms with E-state index in [0.717, 1.165) is 17.7 Å². The number of amides is 1. The number of aromatic nitrogens is 3. The van der Waals surface area contributed by atoms with E-state index in [2.05, 4.69) is 22.3 Å². The highest BCUT2D eigenvalue weighted by Crippen LogP contribution is 2.26. The van der Waals surface area contributed by atoms with Crippen LogP contribution in [-0.4, -0.2) is 34.2 Å². The first-order valence-corrected chi connectivity index (χ1v) is 10.9. The van der Waals surface area contributed by atoms with Gasteiger partial charge in [0.2, 0.25) is 4.96 Å². The quantitative estimate of drug-likeness (QED) is 0.443. The number of fused-ring (bicyclic) bond motifs is 1. The predicted molar refractivity (Wildman–Crippen MR) is 122 cm³/mol. The van der Waals surface area contributed by atoms with E-state index in [1.54, 1.807) is 7.11 Å². The minimum absolute atomic E-state index is 0.116. The van der Waals surface area contributed by atoms with Crippen LogP contribution in [0.3, 0.4) is 0 Å². The second kappa shape index (κ2) is 9.61. The number of carbonyl (C=O) groups excluding carboxylic acids is 1. The Balaban J connectivity index is 1.40. The van der Waals surface area contributed by atoms with Crippen LogP contribution in [0.1, 0.15) is 18.2 Å². The Kier molecular flexibility index (Phi) is 6.46. The molecule has 2 heterocycles. The fourth-order valence-corrected chi connectivity index (χ4v) is 3.94. The fraction of sp³-hybridized carbons (Fsp3) is 0.217. The summed E-state index contributed by atoms with van der Waals surface area (Å²) >= 11 is 1.30. The van der Waals surface area contributed by atoms with Crippen LogP contribution >= 0.6 is 11.3 Å². The monoisotopic (exact) mass is 450 g/mol. The summed E-state index contributed by atoms with van der Waals surface area (Å²) in [7, 11) is 1.60. The van der Waals surface area contributed by atoms with Crippen molar-refractivity contribution in [2.75, 3.05) is 13.7 Å². The number of hydrogen-bond donors (Lipinski definition) is 1. The third kappa shape index (κ3) is 4.94. The van der Waals surface area contributed by atoms with Crippen LogP contribution in [0.5, 0.6) is 11.5 Å². The van der Waals surface area contributed by atoms with Crippen LogP contribution in [-0.2, 0) is 17.8 Å². The second-order valence-corrected chi connectivity index (χ2v) is 7.93. The molecule has 32 heavy (non-hydrogen) atoms. The number of benzene rings is 2. The smallest absolute Gasteiger partial charge is 0.275 e. The molecule has 2 aromatic heterocycles. The van der Waals surface area contributed by atoms with Crippen molar-refractivity contribution in [3.8, 4) is 22.1 Å². The van der Waals surface area contributed by atoms with Crippen molar-refractivity contribution in [1.82, 2.24) is 19.9 Å². The molecule has 4 rings (SSSR count). The predicted octanol–water partition coefficient (Wildman–Crippen LogP) is 3.08. The van der Waals surface area contributed by atoms with Crippen molar-refractivity contribution in [1.29, 1.82) is 0 Å². The Morgan fingerprint density at radius 1 is 1.09 bits per heavy atom. The lowest BCUT2D eigenvalue weighted by atomic mass is 10.2. The highest BCUT2D eigenvalue weighted by Gasteiger charge is 2.12. The lowest BCUT2D eigenvalue weighted by Gasteiger charge is -2.07. The first-order valence-electron chi connectivity index (χ1n) is 10.1. The summed E-state index contributed by atoms with van der Waals surface area (Å²) in [6.45, 7) is 2.08. The summed E-state index contributed by atoms with van der Waals surface area (Å²) in [6, 6.07) is 16.4. The standard InChI is InChI=1S/C23H22N4O4S/c1-3-15-4-8-19(9-5-15)31-14-20(28)24-13-17-12-21(29)27-23(25-17)32-22(26-27)16-6-10-18(30-2)11-7-16/h4-12H,3,13-14H2,1-2H3,(H,24,28). The van der Waals surface area contributed by atoms with E-state index in [9.17, 15) is 9.59 Å². The molecule has 0 spiro atoms. The van der Waals surface area contributed by atoms with E-state index < -0.39 is 0 Å². The summed E-state index contributed by atoms with van der Waals surface area (Å²) in [5.74, 6) is 1.07.